The number of hydrogen-bond acceptors (Lipinski definition) is 5. The summed E-state index contributed by atoms with van der Waals surface area (Å²) in [6.07, 6.45) is 2.00. The minimum absolute atomic E-state index is 0.00657. The highest BCUT2D eigenvalue weighted by Crippen LogP contribution is 2.45. The fourth-order valence-electron chi connectivity index (χ4n) is 3.12. The number of imidazole rings is 1. The van der Waals surface area contributed by atoms with Gasteiger partial charge < -0.3 is 20.8 Å². The third-order valence-corrected chi connectivity index (χ3v) is 5.87. The molecule has 7 nitrogen and oxygen atoms in total. The zero-order valence-corrected chi connectivity index (χ0v) is 18.6. The van der Waals surface area contributed by atoms with E-state index in [9.17, 15) is 10.1 Å². The van der Waals surface area contributed by atoms with Crippen LogP contribution in [0, 0.1) is 17.1 Å². The number of amides is 1. The fraction of sp³-hybridized carbons (Fsp3) is 0.190. The lowest BCUT2D eigenvalue weighted by molar-refractivity contribution is 0.0946. The van der Waals surface area contributed by atoms with Gasteiger partial charge in [0.05, 0.1) is 10.6 Å². The number of carbonyl (C=O) groups excluding carboxylic acids is 1. The lowest BCUT2D eigenvalue weighted by Crippen LogP contribution is -2.24. The van der Waals surface area contributed by atoms with Crippen molar-refractivity contribution in [1.82, 2.24) is 15.3 Å². The lowest BCUT2D eigenvalue weighted by Gasteiger charge is -2.15. The predicted octanol–water partition coefficient (Wildman–Crippen LogP) is 5.56. The molecular formula is C21H15Cl3FN5O2. The van der Waals surface area contributed by atoms with E-state index < -0.39 is 11.7 Å². The smallest absolute Gasteiger partial charge is 0.273 e. The highest BCUT2D eigenvalue weighted by atomic mass is 35.5. The summed E-state index contributed by atoms with van der Waals surface area (Å²) in [7, 11) is 0. The van der Waals surface area contributed by atoms with Crippen molar-refractivity contribution in [3.8, 4) is 17.6 Å². The molecule has 0 unspecified atom stereocenters. The molecule has 2 aromatic carbocycles. The van der Waals surface area contributed by atoms with Crippen LogP contribution in [-0.4, -0.2) is 15.9 Å². The predicted molar refractivity (Wildman–Crippen MR) is 119 cm³/mol. The van der Waals surface area contributed by atoms with Gasteiger partial charge in [0.25, 0.3) is 5.91 Å². The molecule has 1 aromatic heterocycles. The maximum Gasteiger partial charge on any atom is 0.273 e. The molecule has 4 N–H and O–H groups in total. The first-order valence-corrected chi connectivity index (χ1v) is 10.6. The molecule has 1 heterocycles. The Balaban J connectivity index is 1.59. The van der Waals surface area contributed by atoms with Gasteiger partial charge in [0.1, 0.15) is 22.0 Å². The SMILES string of the molecule is N#Cc1cc(C2CC2)cc(Oc2c(Cl)ccc(CNC(=O)c3nc(N)[nH]c3Cl)c2F)c1Cl. The van der Waals surface area contributed by atoms with Gasteiger partial charge in [-0.15, -0.1) is 0 Å². The van der Waals surface area contributed by atoms with Crippen LogP contribution in [0.2, 0.25) is 15.2 Å². The largest absolute Gasteiger partial charge is 0.451 e. The van der Waals surface area contributed by atoms with Crippen LogP contribution in [-0.2, 0) is 6.54 Å². The van der Waals surface area contributed by atoms with Crippen molar-refractivity contribution in [3.05, 3.63) is 67.7 Å². The number of ether oxygens (including phenoxy) is 1. The molecule has 3 aromatic rings. The first kappa shape index (κ1) is 22.2. The van der Waals surface area contributed by atoms with Gasteiger partial charge in [0.15, 0.2) is 23.2 Å². The number of anilines is 1. The number of H-pyrrole nitrogens is 1. The van der Waals surface area contributed by atoms with Gasteiger partial charge in [0.2, 0.25) is 0 Å². The van der Waals surface area contributed by atoms with Gasteiger partial charge >= 0.3 is 0 Å². The Labute approximate surface area is 197 Å². The van der Waals surface area contributed by atoms with Crippen LogP contribution in [0.25, 0.3) is 0 Å². The van der Waals surface area contributed by atoms with E-state index in [-0.39, 0.29) is 56.0 Å². The van der Waals surface area contributed by atoms with E-state index in [1.54, 1.807) is 12.1 Å². The van der Waals surface area contributed by atoms with Crippen LogP contribution in [0.5, 0.6) is 11.5 Å². The van der Waals surface area contributed by atoms with Crippen LogP contribution < -0.4 is 15.8 Å². The van der Waals surface area contributed by atoms with Gasteiger partial charge in [-0.3, -0.25) is 4.79 Å². The Morgan fingerprint density at radius 1 is 1.34 bits per heavy atom. The van der Waals surface area contributed by atoms with Crippen molar-refractivity contribution in [3.63, 3.8) is 0 Å². The molecule has 164 valence electrons. The molecular weight excluding hydrogens is 480 g/mol. The maximum absolute atomic E-state index is 15.2. The summed E-state index contributed by atoms with van der Waals surface area (Å²) in [6.45, 7) is -0.194. The third-order valence-electron chi connectivity index (χ3n) is 4.90. The maximum atomic E-state index is 15.2. The second-order valence-corrected chi connectivity index (χ2v) is 8.35. The monoisotopic (exact) mass is 493 g/mol. The highest BCUT2D eigenvalue weighted by Gasteiger charge is 2.27. The minimum atomic E-state index is -0.781. The zero-order chi connectivity index (χ0) is 23.0. The van der Waals surface area contributed by atoms with E-state index in [4.69, 9.17) is 45.3 Å². The van der Waals surface area contributed by atoms with Gasteiger partial charge in [-0.1, -0.05) is 40.9 Å². The van der Waals surface area contributed by atoms with E-state index >= 15 is 4.39 Å². The average Bonchev–Trinajstić information content (AvgIpc) is 3.55. The van der Waals surface area contributed by atoms with Crippen molar-refractivity contribution >= 4 is 46.7 Å². The number of hydrogen-bond donors (Lipinski definition) is 3. The third kappa shape index (κ3) is 4.46. The molecule has 0 spiro atoms. The van der Waals surface area contributed by atoms with Crippen LogP contribution >= 0.6 is 34.8 Å². The second kappa shape index (κ2) is 8.87. The Morgan fingerprint density at radius 3 is 2.72 bits per heavy atom. The number of nitrogen functional groups attached to an aromatic ring is 1. The van der Waals surface area contributed by atoms with Crippen molar-refractivity contribution in [2.75, 3.05) is 5.73 Å². The highest BCUT2D eigenvalue weighted by molar-refractivity contribution is 6.34. The van der Waals surface area contributed by atoms with Crippen molar-refractivity contribution in [2.24, 2.45) is 0 Å². The van der Waals surface area contributed by atoms with E-state index in [0.29, 0.717) is 5.92 Å². The summed E-state index contributed by atoms with van der Waals surface area (Å²) in [4.78, 5) is 18.5. The summed E-state index contributed by atoms with van der Waals surface area (Å²) in [6, 6.07) is 8.27. The number of nitrogens with one attached hydrogen (secondary N) is 2. The molecule has 32 heavy (non-hydrogen) atoms. The molecule has 0 saturated heterocycles. The number of halogens is 4. The Kier molecular flexibility index (Phi) is 6.15. The molecule has 1 amide bonds. The first-order chi connectivity index (χ1) is 15.3. The molecule has 1 aliphatic rings. The van der Waals surface area contributed by atoms with E-state index in [1.165, 1.54) is 12.1 Å². The van der Waals surface area contributed by atoms with Gasteiger partial charge in [0, 0.05) is 12.1 Å². The zero-order valence-electron chi connectivity index (χ0n) is 16.3. The van der Waals surface area contributed by atoms with Gasteiger partial charge in [-0.2, -0.15) is 5.26 Å². The summed E-state index contributed by atoms with van der Waals surface area (Å²) in [5, 5.41) is 11.9. The van der Waals surface area contributed by atoms with E-state index in [2.05, 4.69) is 15.3 Å². The van der Waals surface area contributed by atoms with Crippen molar-refractivity contribution in [1.29, 1.82) is 5.26 Å². The number of carbonyl (C=O) groups is 1. The average molecular weight is 495 g/mol. The molecule has 1 fully saturated rings. The number of nitriles is 1. The number of benzene rings is 2. The normalized spacial score (nSPS) is 13.0. The number of nitrogens with zero attached hydrogens (tertiary/aromatic N) is 2. The molecule has 4 rings (SSSR count). The topological polar surface area (TPSA) is 117 Å². The number of aromatic amines is 1. The fourth-order valence-corrected chi connectivity index (χ4v) is 3.72. The number of aromatic nitrogens is 2. The van der Waals surface area contributed by atoms with Crippen LogP contribution in [0.4, 0.5) is 10.3 Å². The minimum Gasteiger partial charge on any atom is -0.451 e. The second-order valence-electron chi connectivity index (χ2n) is 7.19. The molecule has 0 bridgehead atoms. The quantitative estimate of drug-likeness (QED) is 0.414. The van der Waals surface area contributed by atoms with E-state index in [1.807, 2.05) is 6.07 Å². The Morgan fingerprint density at radius 2 is 2.09 bits per heavy atom. The Bertz CT molecular complexity index is 1270. The van der Waals surface area contributed by atoms with Crippen LogP contribution in [0.3, 0.4) is 0 Å². The van der Waals surface area contributed by atoms with Gasteiger partial charge in [-0.05, 0) is 42.5 Å². The summed E-state index contributed by atoms with van der Waals surface area (Å²) < 4.78 is 20.9. The molecule has 0 aliphatic heterocycles. The summed E-state index contributed by atoms with van der Waals surface area (Å²) >= 11 is 18.3. The Hall–Kier alpha value is -2.99. The van der Waals surface area contributed by atoms with Crippen molar-refractivity contribution < 1.29 is 13.9 Å². The molecule has 0 radical (unpaired) electrons. The summed E-state index contributed by atoms with van der Waals surface area (Å²) in [5.41, 5.74) is 6.60. The van der Waals surface area contributed by atoms with E-state index in [0.717, 1.165) is 18.4 Å². The standard InChI is InChI=1S/C21H15Cl3FN5O2/c22-13-4-3-10(8-28-20(31)17-19(24)30-21(27)29-17)16(25)18(13)32-14-6-11(9-1-2-9)5-12(7-26)15(14)23/h3-6,9H,1-2,8H2,(H,28,31)(H3,27,29,30). The van der Waals surface area contributed by atoms with Gasteiger partial charge in [-0.25, -0.2) is 9.37 Å². The summed E-state index contributed by atoms with van der Waals surface area (Å²) in [5.74, 6) is -1.25. The first-order valence-electron chi connectivity index (χ1n) is 9.46. The molecule has 0 atom stereocenters. The number of rotatable bonds is 6. The van der Waals surface area contributed by atoms with Crippen molar-refractivity contribution in [2.45, 2.75) is 25.3 Å². The number of nitrogens with two attached hydrogens (primary N) is 1. The molecule has 1 aliphatic carbocycles. The lowest BCUT2D eigenvalue weighted by atomic mass is 10.1. The molecule has 11 heteroatoms. The molecule has 1 saturated carbocycles. The van der Waals surface area contributed by atoms with Crippen LogP contribution in [0.1, 0.15) is 45.9 Å². The van der Waals surface area contributed by atoms with Crippen LogP contribution in [0.15, 0.2) is 24.3 Å².